The van der Waals surface area contributed by atoms with Gasteiger partial charge in [-0.15, -0.1) is 0 Å². The quantitative estimate of drug-likeness (QED) is 0.280. The average Bonchev–Trinajstić information content (AvgIpc) is 3.34. The fourth-order valence-electron chi connectivity index (χ4n) is 3.66. The average molecular weight is 520 g/mol. The molecule has 0 spiro atoms. The lowest BCUT2D eigenvalue weighted by Crippen LogP contribution is -2.38. The van der Waals surface area contributed by atoms with Crippen LogP contribution in [0.5, 0.6) is 0 Å². The molecule has 0 atom stereocenters. The minimum absolute atomic E-state index is 0.0667. The number of hydrogen-bond acceptors (Lipinski definition) is 7. The Balaban J connectivity index is 1.52. The molecule has 13 heteroatoms. The van der Waals surface area contributed by atoms with Crippen LogP contribution in [0.3, 0.4) is 0 Å². The van der Waals surface area contributed by atoms with Gasteiger partial charge in [0.2, 0.25) is 0 Å². The fraction of sp³-hybridized carbons (Fsp3) is 0.217. The summed E-state index contributed by atoms with van der Waals surface area (Å²) in [5.41, 5.74) is -0.356. The zero-order valence-electron chi connectivity index (χ0n) is 18.5. The van der Waals surface area contributed by atoms with E-state index in [0.717, 1.165) is 12.1 Å². The van der Waals surface area contributed by atoms with Crippen LogP contribution >= 0.6 is 12.2 Å². The van der Waals surface area contributed by atoms with Crippen molar-refractivity contribution in [3.63, 3.8) is 0 Å². The molecule has 0 aliphatic carbocycles. The maximum atomic E-state index is 13.3. The van der Waals surface area contributed by atoms with Crippen LogP contribution in [0.4, 0.5) is 30.2 Å². The van der Waals surface area contributed by atoms with E-state index in [9.17, 15) is 28.1 Å². The van der Waals surface area contributed by atoms with Gasteiger partial charge in [0.05, 0.1) is 40.6 Å². The van der Waals surface area contributed by atoms with E-state index in [0.29, 0.717) is 32.0 Å². The number of benzene rings is 2. The first-order valence-corrected chi connectivity index (χ1v) is 11.0. The van der Waals surface area contributed by atoms with Crippen molar-refractivity contribution >= 4 is 40.3 Å². The molecular weight excluding hydrogens is 501 g/mol. The summed E-state index contributed by atoms with van der Waals surface area (Å²) < 4.78 is 50.7. The molecule has 4 rings (SSSR count). The van der Waals surface area contributed by atoms with Crippen LogP contribution in [0.1, 0.15) is 16.1 Å². The van der Waals surface area contributed by atoms with Gasteiger partial charge in [-0.25, -0.2) is 0 Å². The number of nitrogens with zero attached hydrogens (tertiary/aromatic N) is 2. The van der Waals surface area contributed by atoms with Crippen LogP contribution in [0.2, 0.25) is 0 Å². The number of para-hydroxylation sites is 1. The summed E-state index contributed by atoms with van der Waals surface area (Å²) in [5.74, 6) is -0.874. The summed E-state index contributed by atoms with van der Waals surface area (Å²) in [6, 6.07) is 11.8. The summed E-state index contributed by atoms with van der Waals surface area (Å²) in [7, 11) is 0. The monoisotopic (exact) mass is 520 g/mol. The van der Waals surface area contributed by atoms with Crippen molar-refractivity contribution in [3.8, 4) is 11.3 Å². The minimum atomic E-state index is -4.57. The molecule has 3 aromatic rings. The van der Waals surface area contributed by atoms with Gasteiger partial charge in [-0.3, -0.25) is 20.2 Å². The zero-order valence-corrected chi connectivity index (χ0v) is 19.3. The van der Waals surface area contributed by atoms with Crippen LogP contribution in [0.25, 0.3) is 11.3 Å². The van der Waals surface area contributed by atoms with Crippen LogP contribution in [-0.2, 0) is 10.9 Å². The van der Waals surface area contributed by atoms with Gasteiger partial charge in [0, 0.05) is 19.2 Å². The molecule has 36 heavy (non-hydrogen) atoms. The van der Waals surface area contributed by atoms with Gasteiger partial charge in [0.1, 0.15) is 5.76 Å². The van der Waals surface area contributed by atoms with Crippen molar-refractivity contribution < 1.29 is 32.0 Å². The molecule has 0 radical (unpaired) electrons. The van der Waals surface area contributed by atoms with E-state index >= 15 is 0 Å². The molecule has 1 aliphatic rings. The summed E-state index contributed by atoms with van der Waals surface area (Å²) in [5, 5.41) is 16.0. The molecule has 2 aromatic carbocycles. The lowest BCUT2D eigenvalue weighted by molar-refractivity contribution is -0.384. The van der Waals surface area contributed by atoms with Crippen molar-refractivity contribution in [1.82, 2.24) is 5.32 Å². The Morgan fingerprint density at radius 3 is 2.50 bits per heavy atom. The maximum absolute atomic E-state index is 13.3. The van der Waals surface area contributed by atoms with Crippen molar-refractivity contribution in [2.75, 3.05) is 36.5 Å². The second kappa shape index (κ2) is 10.3. The summed E-state index contributed by atoms with van der Waals surface area (Å²) in [6.07, 6.45) is -4.57. The number of rotatable bonds is 5. The summed E-state index contributed by atoms with van der Waals surface area (Å²) in [4.78, 5) is 25.2. The molecule has 0 bridgehead atoms. The van der Waals surface area contributed by atoms with E-state index in [2.05, 4.69) is 10.6 Å². The molecule has 2 heterocycles. The Labute approximate surface area is 208 Å². The van der Waals surface area contributed by atoms with Crippen LogP contribution < -0.4 is 15.5 Å². The van der Waals surface area contributed by atoms with E-state index < -0.39 is 22.6 Å². The van der Waals surface area contributed by atoms with Crippen molar-refractivity contribution in [2.45, 2.75) is 6.18 Å². The Hall–Kier alpha value is -3.97. The van der Waals surface area contributed by atoms with Gasteiger partial charge in [-0.2, -0.15) is 13.2 Å². The van der Waals surface area contributed by atoms with Crippen molar-refractivity contribution in [3.05, 3.63) is 76.0 Å². The number of morpholine rings is 1. The molecule has 0 saturated carbocycles. The smallest absolute Gasteiger partial charge is 0.416 e. The number of carbonyl (C=O) groups is 1. The highest BCUT2D eigenvalue weighted by Gasteiger charge is 2.32. The number of hydrogen-bond donors (Lipinski definition) is 2. The molecule has 1 fully saturated rings. The molecule has 188 valence electrons. The summed E-state index contributed by atoms with van der Waals surface area (Å²) in [6.45, 7) is 1.78. The normalized spacial score (nSPS) is 13.8. The number of amides is 1. The number of nitrogens with one attached hydrogen (secondary N) is 2. The number of carbonyl (C=O) groups excluding carboxylic acids is 1. The molecule has 2 N–H and O–H groups in total. The van der Waals surface area contributed by atoms with Crippen molar-refractivity contribution in [2.24, 2.45) is 0 Å². The predicted molar refractivity (Wildman–Crippen MR) is 129 cm³/mol. The third-order valence-electron chi connectivity index (χ3n) is 5.35. The van der Waals surface area contributed by atoms with Gasteiger partial charge < -0.3 is 19.4 Å². The molecule has 9 nitrogen and oxygen atoms in total. The number of furan rings is 1. The van der Waals surface area contributed by atoms with E-state index in [-0.39, 0.29) is 33.6 Å². The number of alkyl halides is 3. The number of thiocarbonyl (C=S) groups is 1. The Morgan fingerprint density at radius 2 is 1.81 bits per heavy atom. The number of ether oxygens (including phenoxy) is 1. The SMILES string of the molecule is O=C(NC(=S)Nc1cc(C(F)(F)F)ccc1N1CCOCC1)c1ccc(-c2ccccc2[N+](=O)[O-])o1. The van der Waals surface area contributed by atoms with Crippen molar-refractivity contribution in [1.29, 1.82) is 0 Å². The first-order chi connectivity index (χ1) is 17.1. The topological polar surface area (TPSA) is 110 Å². The lowest BCUT2D eigenvalue weighted by atomic mass is 10.1. The second-order valence-corrected chi connectivity index (χ2v) is 8.08. The largest absolute Gasteiger partial charge is 0.451 e. The molecule has 1 aliphatic heterocycles. The number of nitro benzene ring substituents is 1. The van der Waals surface area contributed by atoms with E-state index in [4.69, 9.17) is 21.4 Å². The Bertz CT molecular complexity index is 1300. The number of halogens is 3. The highest BCUT2D eigenvalue weighted by molar-refractivity contribution is 7.80. The van der Waals surface area contributed by atoms with Crippen LogP contribution in [0, 0.1) is 10.1 Å². The third-order valence-corrected chi connectivity index (χ3v) is 5.55. The maximum Gasteiger partial charge on any atom is 0.416 e. The second-order valence-electron chi connectivity index (χ2n) is 7.68. The summed E-state index contributed by atoms with van der Waals surface area (Å²) >= 11 is 5.17. The van der Waals surface area contributed by atoms with Crippen LogP contribution in [0.15, 0.2) is 59.0 Å². The first-order valence-electron chi connectivity index (χ1n) is 10.6. The molecule has 1 amide bonds. The van der Waals surface area contributed by atoms with Gasteiger partial charge in [0.15, 0.2) is 10.9 Å². The molecule has 1 aromatic heterocycles. The van der Waals surface area contributed by atoms with Gasteiger partial charge >= 0.3 is 6.18 Å². The predicted octanol–water partition coefficient (Wildman–Crippen LogP) is 4.84. The molecule has 0 unspecified atom stereocenters. The van der Waals surface area contributed by atoms with E-state index in [1.165, 1.54) is 36.4 Å². The number of nitro groups is 1. The standard InChI is InChI=1S/C23H19F3N4O5S/c24-23(25,26)14-5-6-18(29-9-11-34-12-10-29)16(13-14)27-22(36)28-21(31)20-8-7-19(35-20)15-3-1-2-4-17(15)30(32)33/h1-8,13H,9-12H2,(H2,27,28,31,36). The lowest BCUT2D eigenvalue weighted by Gasteiger charge is -2.31. The van der Waals surface area contributed by atoms with Gasteiger partial charge in [0.25, 0.3) is 11.6 Å². The highest BCUT2D eigenvalue weighted by Crippen LogP contribution is 2.36. The molecule has 1 saturated heterocycles. The van der Waals surface area contributed by atoms with Gasteiger partial charge in [-0.05, 0) is 48.6 Å². The Kier molecular flexibility index (Phi) is 7.22. The first kappa shape index (κ1) is 25.1. The van der Waals surface area contributed by atoms with Gasteiger partial charge in [-0.1, -0.05) is 12.1 Å². The number of anilines is 2. The highest BCUT2D eigenvalue weighted by atomic mass is 32.1. The zero-order chi connectivity index (χ0) is 25.9. The van der Waals surface area contributed by atoms with E-state index in [1.807, 2.05) is 4.90 Å². The third kappa shape index (κ3) is 5.63. The molecular formula is C23H19F3N4O5S. The minimum Gasteiger partial charge on any atom is -0.451 e. The fourth-order valence-corrected chi connectivity index (χ4v) is 3.86. The Morgan fingerprint density at radius 1 is 1.08 bits per heavy atom. The van der Waals surface area contributed by atoms with E-state index in [1.54, 1.807) is 6.07 Å². The van der Waals surface area contributed by atoms with Crippen LogP contribution in [-0.4, -0.2) is 42.2 Å².